The number of amides is 3. The van der Waals surface area contributed by atoms with Crippen molar-refractivity contribution < 1.29 is 14.4 Å². The van der Waals surface area contributed by atoms with E-state index < -0.39 is 6.04 Å². The first-order valence-electron chi connectivity index (χ1n) is 9.97. The quantitative estimate of drug-likeness (QED) is 0.688. The lowest BCUT2D eigenvalue weighted by molar-refractivity contribution is -0.136. The molecule has 0 saturated carbocycles. The number of hydrogen-bond acceptors (Lipinski definition) is 5. The van der Waals surface area contributed by atoms with Crippen LogP contribution in [0, 0.1) is 5.92 Å². The Morgan fingerprint density at radius 3 is 2.71 bits per heavy atom. The fraction of sp³-hybridized carbons (Fsp3) is 0.571. The molecule has 0 aliphatic carbocycles. The Bertz CT molecular complexity index is 777. The van der Waals surface area contributed by atoms with Gasteiger partial charge in [-0.2, -0.15) is 0 Å². The number of carbonyl (C=O) groups is 3. The number of carbonyl (C=O) groups excluding carboxylic acids is 3. The molecule has 1 fully saturated rings. The normalized spacial score (nSPS) is 20.7. The monoisotopic (exact) mass is 386 g/mol. The summed E-state index contributed by atoms with van der Waals surface area (Å²) in [5.74, 6) is -0.323. The molecule has 28 heavy (non-hydrogen) atoms. The van der Waals surface area contributed by atoms with E-state index in [4.69, 9.17) is 5.73 Å². The first-order chi connectivity index (χ1) is 13.3. The van der Waals surface area contributed by atoms with Crippen LogP contribution in [-0.2, 0) is 22.7 Å². The summed E-state index contributed by atoms with van der Waals surface area (Å²) < 4.78 is 0. The van der Waals surface area contributed by atoms with Crippen molar-refractivity contribution >= 4 is 17.7 Å². The second kappa shape index (κ2) is 8.41. The number of benzene rings is 1. The molecule has 152 valence electrons. The Labute approximate surface area is 166 Å². The van der Waals surface area contributed by atoms with Crippen molar-refractivity contribution in [3.05, 3.63) is 34.9 Å². The first-order valence-corrected chi connectivity index (χ1v) is 9.97. The van der Waals surface area contributed by atoms with E-state index in [1.54, 1.807) is 4.90 Å². The SMILES string of the molecule is CC(C)C(N)CCN(C)Cc1cccc2c1C(=O)N(C1CCC(=O)NC1=O)C2. The summed E-state index contributed by atoms with van der Waals surface area (Å²) in [7, 11) is 2.03. The van der Waals surface area contributed by atoms with Crippen LogP contribution >= 0.6 is 0 Å². The van der Waals surface area contributed by atoms with Crippen LogP contribution in [0.2, 0.25) is 0 Å². The summed E-state index contributed by atoms with van der Waals surface area (Å²) in [6.45, 7) is 6.17. The van der Waals surface area contributed by atoms with E-state index in [9.17, 15) is 14.4 Å². The Morgan fingerprint density at radius 1 is 1.29 bits per heavy atom. The number of piperidine rings is 1. The summed E-state index contributed by atoms with van der Waals surface area (Å²) in [6, 6.07) is 5.46. The van der Waals surface area contributed by atoms with Crippen molar-refractivity contribution in [1.82, 2.24) is 15.1 Å². The summed E-state index contributed by atoms with van der Waals surface area (Å²) >= 11 is 0. The molecule has 0 aromatic heterocycles. The lowest BCUT2D eigenvalue weighted by Crippen LogP contribution is -2.52. The van der Waals surface area contributed by atoms with Crippen LogP contribution in [0.1, 0.15) is 54.6 Å². The Kier molecular flexibility index (Phi) is 6.15. The van der Waals surface area contributed by atoms with E-state index in [0.717, 1.165) is 24.1 Å². The number of nitrogens with two attached hydrogens (primary N) is 1. The first kappa shape index (κ1) is 20.5. The van der Waals surface area contributed by atoms with E-state index in [1.807, 2.05) is 25.2 Å². The lowest BCUT2D eigenvalue weighted by Gasteiger charge is -2.29. The highest BCUT2D eigenvalue weighted by Gasteiger charge is 2.39. The predicted octanol–water partition coefficient (Wildman–Crippen LogP) is 1.25. The molecule has 3 amide bonds. The fourth-order valence-corrected chi connectivity index (χ4v) is 3.89. The molecule has 0 spiro atoms. The maximum absolute atomic E-state index is 13.1. The molecule has 2 heterocycles. The number of rotatable bonds is 7. The Morgan fingerprint density at radius 2 is 2.04 bits per heavy atom. The van der Waals surface area contributed by atoms with Crippen molar-refractivity contribution in [2.24, 2.45) is 11.7 Å². The summed E-state index contributed by atoms with van der Waals surface area (Å²) in [5.41, 5.74) is 8.76. The molecule has 3 N–H and O–H groups in total. The predicted molar refractivity (Wildman–Crippen MR) is 106 cm³/mol. The van der Waals surface area contributed by atoms with Gasteiger partial charge in [-0.3, -0.25) is 19.7 Å². The fourth-order valence-electron chi connectivity index (χ4n) is 3.89. The van der Waals surface area contributed by atoms with E-state index >= 15 is 0 Å². The molecule has 2 aliphatic heterocycles. The summed E-state index contributed by atoms with van der Waals surface area (Å²) in [6.07, 6.45) is 1.55. The highest BCUT2D eigenvalue weighted by molar-refractivity contribution is 6.05. The molecule has 7 heteroatoms. The van der Waals surface area contributed by atoms with Crippen molar-refractivity contribution in [3.8, 4) is 0 Å². The number of hydrogen-bond donors (Lipinski definition) is 2. The van der Waals surface area contributed by atoms with E-state index in [-0.39, 0.29) is 30.2 Å². The van der Waals surface area contributed by atoms with Crippen LogP contribution in [0.5, 0.6) is 0 Å². The van der Waals surface area contributed by atoms with Gasteiger partial charge in [-0.15, -0.1) is 0 Å². The lowest BCUT2D eigenvalue weighted by atomic mass is 10.0. The second-order valence-electron chi connectivity index (χ2n) is 8.29. The van der Waals surface area contributed by atoms with Crippen LogP contribution in [0.15, 0.2) is 18.2 Å². The van der Waals surface area contributed by atoms with Crippen LogP contribution in [0.3, 0.4) is 0 Å². The zero-order valence-corrected chi connectivity index (χ0v) is 16.9. The van der Waals surface area contributed by atoms with Crippen molar-refractivity contribution in [1.29, 1.82) is 0 Å². The second-order valence-corrected chi connectivity index (χ2v) is 8.29. The molecule has 1 aromatic carbocycles. The van der Waals surface area contributed by atoms with E-state index in [1.165, 1.54) is 0 Å². The Balaban J connectivity index is 1.70. The van der Waals surface area contributed by atoms with Gasteiger partial charge in [0.2, 0.25) is 11.8 Å². The topological polar surface area (TPSA) is 95.7 Å². The number of nitrogens with zero attached hydrogens (tertiary/aromatic N) is 2. The van der Waals surface area contributed by atoms with Gasteiger partial charge in [0.1, 0.15) is 6.04 Å². The number of fused-ring (bicyclic) bond motifs is 1. The number of nitrogens with one attached hydrogen (secondary N) is 1. The molecule has 0 bridgehead atoms. The molecule has 2 atom stereocenters. The van der Waals surface area contributed by atoms with Gasteiger partial charge >= 0.3 is 0 Å². The van der Waals surface area contributed by atoms with Crippen LogP contribution in [0.4, 0.5) is 0 Å². The molecule has 0 radical (unpaired) electrons. The van der Waals surface area contributed by atoms with Gasteiger partial charge in [-0.05, 0) is 43.5 Å². The van der Waals surface area contributed by atoms with Crippen molar-refractivity contribution in [3.63, 3.8) is 0 Å². The largest absolute Gasteiger partial charge is 0.327 e. The van der Waals surface area contributed by atoms with Gasteiger partial charge in [-0.1, -0.05) is 32.0 Å². The zero-order chi connectivity index (χ0) is 20.4. The van der Waals surface area contributed by atoms with E-state index in [2.05, 4.69) is 24.1 Å². The third-order valence-corrected chi connectivity index (χ3v) is 5.78. The molecule has 1 saturated heterocycles. The van der Waals surface area contributed by atoms with Gasteiger partial charge in [0.05, 0.1) is 0 Å². The summed E-state index contributed by atoms with van der Waals surface area (Å²) in [5, 5.41) is 2.34. The van der Waals surface area contributed by atoms with Gasteiger partial charge in [0.15, 0.2) is 0 Å². The average Bonchev–Trinajstić information content (AvgIpc) is 2.97. The van der Waals surface area contributed by atoms with Crippen LogP contribution in [0.25, 0.3) is 0 Å². The minimum absolute atomic E-state index is 0.118. The van der Waals surface area contributed by atoms with Crippen molar-refractivity contribution in [2.75, 3.05) is 13.6 Å². The van der Waals surface area contributed by atoms with Gasteiger partial charge < -0.3 is 15.5 Å². The minimum Gasteiger partial charge on any atom is -0.327 e. The van der Waals surface area contributed by atoms with Gasteiger partial charge in [-0.25, -0.2) is 0 Å². The third kappa shape index (κ3) is 4.25. The number of imide groups is 1. The standard InChI is InChI=1S/C21H30N4O3/c1-13(2)16(22)9-10-24(3)11-14-5-4-6-15-12-25(21(28)19(14)15)17-7-8-18(26)23-20(17)27/h4-6,13,16-17H,7-12,22H2,1-3H3,(H,23,26,27). The van der Waals surface area contributed by atoms with Crippen molar-refractivity contribution in [2.45, 2.75) is 58.3 Å². The average molecular weight is 386 g/mol. The highest BCUT2D eigenvalue weighted by Crippen LogP contribution is 2.30. The molecule has 7 nitrogen and oxygen atoms in total. The smallest absolute Gasteiger partial charge is 0.255 e. The minimum atomic E-state index is -0.577. The van der Waals surface area contributed by atoms with Gasteiger partial charge in [0.25, 0.3) is 5.91 Å². The molecule has 2 aliphatic rings. The zero-order valence-electron chi connectivity index (χ0n) is 16.9. The van der Waals surface area contributed by atoms with Gasteiger partial charge in [0, 0.05) is 31.1 Å². The maximum Gasteiger partial charge on any atom is 0.255 e. The molecule has 3 rings (SSSR count). The van der Waals surface area contributed by atoms with Crippen LogP contribution < -0.4 is 11.1 Å². The molecular formula is C21H30N4O3. The molecular weight excluding hydrogens is 356 g/mol. The molecule has 2 unspecified atom stereocenters. The maximum atomic E-state index is 13.1. The third-order valence-electron chi connectivity index (χ3n) is 5.78. The molecule has 1 aromatic rings. The summed E-state index contributed by atoms with van der Waals surface area (Å²) in [4.78, 5) is 40.5. The Hall–Kier alpha value is -2.25. The highest BCUT2D eigenvalue weighted by atomic mass is 16.2. The van der Waals surface area contributed by atoms with E-state index in [0.29, 0.717) is 31.0 Å². The van der Waals surface area contributed by atoms with Crippen LogP contribution in [-0.4, -0.2) is 53.2 Å².